The largest absolute Gasteiger partial charge is 0.455 e. The van der Waals surface area contributed by atoms with Gasteiger partial charge in [0, 0.05) is 51.0 Å². The first-order valence-corrected chi connectivity index (χ1v) is 22.0. The van der Waals surface area contributed by atoms with E-state index < -0.39 is 77.3 Å². The first kappa shape index (κ1) is 49.3. The molecular weight excluding hydrogens is 800 g/mol. The maximum absolute atomic E-state index is 17.0. The number of carbonyl (C=O) groups excluding carboxylic acids is 3. The number of nitrogens with one attached hydrogen (secondary N) is 1. The minimum absolute atomic E-state index is 0.125. The lowest BCUT2D eigenvalue weighted by Crippen LogP contribution is -2.61. The number of cyclic esters (lactones) is 1. The number of nitrogens with two attached hydrogens (primary N) is 1. The second-order valence-electron chi connectivity index (χ2n) is 17.1. The van der Waals surface area contributed by atoms with Gasteiger partial charge in [-0.1, -0.05) is 44.2 Å². The molecule has 17 nitrogen and oxygen atoms in total. The highest BCUT2D eigenvalue weighted by Crippen LogP contribution is 2.40. The highest BCUT2D eigenvalue weighted by molar-refractivity contribution is 7.18. The molecule has 2 aliphatic heterocycles. The molecule has 2 aromatic heterocycles. The Morgan fingerprint density at radius 2 is 1.82 bits per heavy atom. The molecule has 2 aliphatic rings. The molecule has 1 amide bonds. The number of unbranched alkanes of at least 4 members (excludes halogenated alkanes) is 1. The van der Waals surface area contributed by atoms with Gasteiger partial charge in [0.2, 0.25) is 0 Å². The normalized spacial score (nSPS) is 32.5. The van der Waals surface area contributed by atoms with Gasteiger partial charge in [-0.25, -0.2) is 19.0 Å². The van der Waals surface area contributed by atoms with Crippen molar-refractivity contribution in [3.8, 4) is 10.6 Å². The Labute approximate surface area is 358 Å². The number of hydrogen-bond donors (Lipinski definition) is 3. The van der Waals surface area contributed by atoms with Gasteiger partial charge in [0.05, 0.1) is 28.8 Å². The zero-order valence-corrected chi connectivity index (χ0v) is 38.3. The number of aliphatic hydroxyl groups is 1. The number of fused-ring (bicyclic) bond motifs is 1. The van der Waals surface area contributed by atoms with Gasteiger partial charge >= 0.3 is 12.1 Å². The zero-order valence-electron chi connectivity index (χ0n) is 37.5. The first-order chi connectivity index (χ1) is 28.2. The number of esters is 1. The number of likely N-dealkylation sites (N-methyl/N-ethyl adjacent to an activating group) is 1. The van der Waals surface area contributed by atoms with Gasteiger partial charge < -0.3 is 44.7 Å². The van der Waals surface area contributed by atoms with Crippen molar-refractivity contribution in [1.82, 2.24) is 35.1 Å². The summed E-state index contributed by atoms with van der Waals surface area (Å²) < 4.78 is 49.5. The predicted octanol–water partition coefficient (Wildman–Crippen LogP) is 4.47. The minimum Gasteiger partial charge on any atom is -0.455 e. The molecule has 0 saturated carbocycles. The van der Waals surface area contributed by atoms with Gasteiger partial charge in [-0.05, 0) is 93.3 Å². The summed E-state index contributed by atoms with van der Waals surface area (Å²) in [4.78, 5) is 50.5. The van der Waals surface area contributed by atoms with Crippen molar-refractivity contribution in [2.24, 2.45) is 11.8 Å². The van der Waals surface area contributed by atoms with Gasteiger partial charge in [0.15, 0.2) is 22.8 Å². The van der Waals surface area contributed by atoms with Crippen molar-refractivity contribution in [2.45, 2.75) is 161 Å². The molecule has 60 heavy (non-hydrogen) atoms. The number of ketones is 1. The van der Waals surface area contributed by atoms with E-state index in [1.807, 2.05) is 46.0 Å². The molecule has 12 atom stereocenters. The fourth-order valence-electron chi connectivity index (χ4n) is 8.97. The van der Waals surface area contributed by atoms with E-state index in [1.165, 1.54) is 25.4 Å². The molecule has 19 heteroatoms. The lowest BCUT2D eigenvalue weighted by atomic mass is 9.78. The summed E-state index contributed by atoms with van der Waals surface area (Å²) in [7, 11) is 5.16. The number of methoxy groups -OCH3 is 1. The molecular formula is C41H69FN8O9S. The highest BCUT2D eigenvalue weighted by Gasteiger charge is 2.60. The topological polar surface area (TPSA) is 206 Å². The van der Waals surface area contributed by atoms with Crippen molar-refractivity contribution >= 4 is 34.3 Å². The first-order valence-electron chi connectivity index (χ1n) is 21.1. The number of thiazole rings is 1. The fraction of sp³-hybridized carbons (Fsp3) is 0.805. The molecule has 2 saturated heterocycles. The number of ether oxygens (including phenoxy) is 5. The Balaban J connectivity index is 1.65. The van der Waals surface area contributed by atoms with E-state index in [2.05, 4.69) is 20.6 Å². The van der Waals surface area contributed by atoms with Gasteiger partial charge in [0.25, 0.3) is 5.67 Å². The van der Waals surface area contributed by atoms with Gasteiger partial charge in [-0.3, -0.25) is 14.4 Å². The summed E-state index contributed by atoms with van der Waals surface area (Å²) in [5.41, 5.74) is 0.640. The molecule has 4 rings (SSSR count). The number of Topliss-reactive ketones (excluding diaryl/α,β-unsaturated/α-hetero) is 1. The van der Waals surface area contributed by atoms with Crippen LogP contribution in [0.5, 0.6) is 0 Å². The smallest absolute Gasteiger partial charge is 0.410 e. The summed E-state index contributed by atoms with van der Waals surface area (Å²) in [5, 5.41) is 24.1. The van der Waals surface area contributed by atoms with Crippen LogP contribution < -0.4 is 11.1 Å². The Morgan fingerprint density at radius 1 is 1.13 bits per heavy atom. The number of anilines is 1. The fourth-order valence-corrected chi connectivity index (χ4v) is 9.60. The number of aryl methyl sites for hydroxylation is 1. The second-order valence-corrected chi connectivity index (χ2v) is 18.2. The van der Waals surface area contributed by atoms with Crippen LogP contribution in [0.2, 0.25) is 0 Å². The number of alkyl halides is 1. The maximum atomic E-state index is 17.0. The molecule has 0 bridgehead atoms. The van der Waals surface area contributed by atoms with Crippen molar-refractivity contribution in [3.05, 3.63) is 12.4 Å². The van der Waals surface area contributed by atoms with Crippen LogP contribution in [0.1, 0.15) is 94.4 Å². The molecule has 2 aromatic rings. The standard InChI is InChI=1S/C41H69FN8O9S/c1-13-28(48(10)11)31(51)35(56-15-3)58-34-25(5)33(52)40(8,42)36(53)57-30(14-2)41(9)32(26(6)44-21-24(4)20-39(34,7)55-12)50(38(54)59-41)19-17-16-18-49-23-27(46-47-49)29-22-45-37(43)60-29/h22-26,28,30-32,34-35,44,51H,13-21H2,1-12H3,(H2,43,45)/t24-,25+,26-,28?,30-,31?,32-,34-,35+,39-,40+,41-/m1/s1. The molecule has 4 N–H and O–H groups in total. The summed E-state index contributed by atoms with van der Waals surface area (Å²) in [6, 6.07) is -1.43. The van der Waals surface area contributed by atoms with Crippen LogP contribution in [-0.4, -0.2) is 153 Å². The summed E-state index contributed by atoms with van der Waals surface area (Å²) in [5.74, 6) is -3.90. The second kappa shape index (κ2) is 20.7. The number of carbonyl (C=O) groups is 3. The summed E-state index contributed by atoms with van der Waals surface area (Å²) in [6.07, 6.45) is 0.511. The van der Waals surface area contributed by atoms with Crippen molar-refractivity contribution in [1.29, 1.82) is 0 Å². The molecule has 2 unspecified atom stereocenters. The Morgan fingerprint density at radius 3 is 2.40 bits per heavy atom. The van der Waals surface area contributed by atoms with Crippen LogP contribution in [-0.2, 0) is 39.8 Å². The highest BCUT2D eigenvalue weighted by atomic mass is 32.1. The van der Waals surface area contributed by atoms with E-state index in [9.17, 15) is 19.5 Å². The number of aromatic nitrogens is 4. The number of amides is 1. The van der Waals surface area contributed by atoms with E-state index in [0.717, 1.165) is 11.8 Å². The average molecular weight is 869 g/mol. The van der Waals surface area contributed by atoms with Gasteiger partial charge in [-0.15, -0.1) is 5.10 Å². The third-order valence-corrected chi connectivity index (χ3v) is 13.1. The average Bonchev–Trinajstić information content (AvgIpc) is 3.92. The van der Waals surface area contributed by atoms with E-state index in [0.29, 0.717) is 56.1 Å². The Hall–Kier alpha value is -3.33. The summed E-state index contributed by atoms with van der Waals surface area (Å²) in [6.45, 7) is 16.7. The van der Waals surface area contributed by atoms with Crippen molar-refractivity contribution in [3.63, 3.8) is 0 Å². The van der Waals surface area contributed by atoms with E-state index in [1.54, 1.807) is 43.5 Å². The van der Waals surface area contributed by atoms with Crippen LogP contribution in [0.4, 0.5) is 14.3 Å². The Bertz CT molecular complexity index is 1730. The van der Waals surface area contributed by atoms with Gasteiger partial charge in [-0.2, -0.15) is 0 Å². The predicted molar refractivity (Wildman–Crippen MR) is 225 cm³/mol. The zero-order chi connectivity index (χ0) is 44.7. The van der Waals surface area contributed by atoms with E-state index in [4.69, 9.17) is 29.4 Å². The molecule has 0 radical (unpaired) electrons. The number of aliphatic hydroxyl groups excluding tert-OH is 1. The SMILES string of the molecule is CCO[C@@H](O[C@@H]1[C@@H](C)C(=O)[C@](C)(F)C(=O)O[C@H](CC)[C@@]2(C)OC(=O)N(CCCCn3cc(-c4cnc(N)s4)nn3)[C@@H]2[C@@H](C)NC[C@H](C)C[C@@]1(C)OC)C(O)C(CC)N(C)C. The molecule has 0 aliphatic carbocycles. The minimum atomic E-state index is -3.14. The maximum Gasteiger partial charge on any atom is 0.410 e. The number of nitrogen functional groups attached to an aromatic ring is 1. The molecule has 4 heterocycles. The van der Waals surface area contributed by atoms with E-state index in [-0.39, 0.29) is 25.0 Å². The lowest BCUT2D eigenvalue weighted by molar-refractivity contribution is -0.266. The molecule has 2 fully saturated rings. The van der Waals surface area contributed by atoms with E-state index >= 15 is 4.39 Å². The monoisotopic (exact) mass is 868 g/mol. The molecule has 0 aromatic carbocycles. The Kier molecular flexibility index (Phi) is 17.0. The van der Waals surface area contributed by atoms with Crippen LogP contribution >= 0.6 is 11.3 Å². The van der Waals surface area contributed by atoms with Crippen molar-refractivity contribution < 1.29 is 47.6 Å². The number of rotatable bonds is 16. The third-order valence-electron chi connectivity index (χ3n) is 12.2. The van der Waals surface area contributed by atoms with Crippen LogP contribution in [0.25, 0.3) is 10.6 Å². The van der Waals surface area contributed by atoms with Crippen molar-refractivity contribution in [2.75, 3.05) is 46.6 Å². The van der Waals surface area contributed by atoms with Crippen LogP contribution in [0, 0.1) is 11.8 Å². The molecule has 340 valence electrons. The third kappa shape index (κ3) is 10.8. The number of hydrogen-bond acceptors (Lipinski definition) is 16. The van der Waals surface area contributed by atoms with Crippen LogP contribution in [0.15, 0.2) is 12.4 Å². The van der Waals surface area contributed by atoms with Crippen LogP contribution in [0.3, 0.4) is 0 Å². The summed E-state index contributed by atoms with van der Waals surface area (Å²) >= 11 is 1.32. The molecule has 0 spiro atoms. The quantitative estimate of drug-likeness (QED) is 0.0922. The number of nitrogens with zero attached hydrogens (tertiary/aromatic N) is 6. The van der Waals surface area contributed by atoms with Gasteiger partial charge in [0.1, 0.15) is 17.9 Å². The lowest BCUT2D eigenvalue weighted by Gasteiger charge is -2.44. The number of halogens is 1.